The molecule has 60 valence electrons. The zero-order valence-corrected chi connectivity index (χ0v) is 7.02. The van der Waals surface area contributed by atoms with Crippen LogP contribution in [0.3, 0.4) is 0 Å². The summed E-state index contributed by atoms with van der Waals surface area (Å²) in [6.45, 7) is 0. The molecule has 0 aliphatic carbocycles. The zero-order valence-electron chi connectivity index (χ0n) is 5.45. The van der Waals surface area contributed by atoms with Crippen molar-refractivity contribution in [3.05, 3.63) is 23.2 Å². The van der Waals surface area contributed by atoms with Gasteiger partial charge in [-0.2, -0.15) is 0 Å². The highest BCUT2D eigenvalue weighted by Gasteiger charge is 2.04. The van der Waals surface area contributed by atoms with Crippen molar-refractivity contribution in [2.75, 3.05) is 5.73 Å². The Morgan fingerprint density at radius 1 is 1.55 bits per heavy atom. The Kier molecular flexibility index (Phi) is 2.49. The first-order valence-electron chi connectivity index (χ1n) is 2.77. The maximum atomic E-state index is 10.5. The molecule has 1 aromatic carbocycles. The van der Waals surface area contributed by atoms with Crippen LogP contribution in [-0.4, -0.2) is 8.76 Å². The molecule has 1 rings (SSSR count). The van der Waals surface area contributed by atoms with E-state index in [-0.39, 0.29) is 10.6 Å². The van der Waals surface area contributed by atoms with Gasteiger partial charge in [-0.15, -0.1) is 0 Å². The Hall–Kier alpha value is -0.580. The summed E-state index contributed by atoms with van der Waals surface area (Å²) in [5.41, 5.74) is 5.65. The van der Waals surface area contributed by atoms with Crippen LogP contribution in [0.2, 0.25) is 5.02 Å². The van der Waals surface area contributed by atoms with Gasteiger partial charge in [0.1, 0.15) is 0 Å². The van der Waals surface area contributed by atoms with E-state index in [1.807, 2.05) is 0 Å². The molecule has 0 spiro atoms. The maximum Gasteiger partial charge on any atom is 0.188 e. The lowest BCUT2D eigenvalue weighted by atomic mass is 10.3. The quantitative estimate of drug-likeness (QED) is 0.523. The second-order valence-electron chi connectivity index (χ2n) is 1.93. The van der Waals surface area contributed by atoms with Gasteiger partial charge in [0, 0.05) is 5.02 Å². The molecule has 11 heavy (non-hydrogen) atoms. The topological polar surface area (TPSA) is 63.3 Å². The molecular formula is C6H6ClNO2S. The number of halogens is 1. The maximum absolute atomic E-state index is 10.5. The van der Waals surface area contributed by atoms with E-state index >= 15 is 0 Å². The summed E-state index contributed by atoms with van der Waals surface area (Å²) in [5, 5.41) is 0.400. The van der Waals surface area contributed by atoms with Crippen LogP contribution in [0, 0.1) is 0 Å². The minimum atomic E-state index is -2.06. The fourth-order valence-electron chi connectivity index (χ4n) is 0.659. The van der Waals surface area contributed by atoms with Crippen molar-refractivity contribution in [1.29, 1.82) is 0 Å². The van der Waals surface area contributed by atoms with Crippen LogP contribution in [0.1, 0.15) is 0 Å². The molecule has 3 nitrogen and oxygen atoms in total. The molecule has 0 bridgehead atoms. The number of hydrogen-bond acceptors (Lipinski definition) is 2. The van der Waals surface area contributed by atoms with Crippen LogP contribution >= 0.6 is 11.6 Å². The summed E-state index contributed by atoms with van der Waals surface area (Å²) in [6.07, 6.45) is 0. The number of benzene rings is 1. The molecule has 0 amide bonds. The molecule has 3 N–H and O–H groups in total. The summed E-state index contributed by atoms with van der Waals surface area (Å²) >= 11 is 3.50. The first-order valence-corrected chi connectivity index (χ1v) is 4.25. The van der Waals surface area contributed by atoms with Gasteiger partial charge in [-0.3, -0.25) is 0 Å². The van der Waals surface area contributed by atoms with Crippen molar-refractivity contribution in [2.24, 2.45) is 0 Å². The van der Waals surface area contributed by atoms with Gasteiger partial charge in [-0.05, 0) is 18.2 Å². The summed E-state index contributed by atoms with van der Waals surface area (Å²) in [4.78, 5) is 0.150. The first-order chi connectivity index (χ1) is 5.11. The lowest BCUT2D eigenvalue weighted by Gasteiger charge is -1.99. The normalized spacial score (nSPS) is 12.9. The predicted molar refractivity (Wildman–Crippen MR) is 44.9 cm³/mol. The van der Waals surface area contributed by atoms with Gasteiger partial charge in [-0.25, -0.2) is 4.21 Å². The van der Waals surface area contributed by atoms with Crippen molar-refractivity contribution in [1.82, 2.24) is 0 Å². The summed E-state index contributed by atoms with van der Waals surface area (Å²) in [7, 11) is 0. The highest BCUT2D eigenvalue weighted by atomic mass is 35.5. The van der Waals surface area contributed by atoms with E-state index in [1.165, 1.54) is 12.1 Å². The summed E-state index contributed by atoms with van der Waals surface area (Å²) in [6, 6.07) is 4.42. The van der Waals surface area contributed by atoms with Crippen LogP contribution in [-0.2, 0) is 11.1 Å². The number of nitrogens with two attached hydrogens (primary N) is 1. The summed E-state index contributed by atoms with van der Waals surface area (Å²) in [5.74, 6) is 0. The van der Waals surface area contributed by atoms with Crippen LogP contribution < -0.4 is 5.73 Å². The second kappa shape index (κ2) is 3.21. The molecule has 1 unspecified atom stereocenters. The van der Waals surface area contributed by atoms with Crippen LogP contribution in [0.4, 0.5) is 5.69 Å². The predicted octanol–water partition coefficient (Wildman–Crippen LogP) is 1.50. The highest BCUT2D eigenvalue weighted by molar-refractivity contribution is 7.79. The number of nitrogen functional groups attached to an aromatic ring is 1. The average molecular weight is 192 g/mol. The van der Waals surface area contributed by atoms with Gasteiger partial charge in [0.25, 0.3) is 0 Å². The van der Waals surface area contributed by atoms with Crippen molar-refractivity contribution in [2.45, 2.75) is 4.90 Å². The van der Waals surface area contributed by atoms with Crippen molar-refractivity contribution >= 4 is 28.4 Å². The van der Waals surface area contributed by atoms with Crippen molar-refractivity contribution < 1.29 is 8.76 Å². The molecule has 0 aromatic heterocycles. The van der Waals surface area contributed by atoms with Crippen LogP contribution in [0.5, 0.6) is 0 Å². The van der Waals surface area contributed by atoms with E-state index in [9.17, 15) is 4.21 Å². The molecule has 0 heterocycles. The van der Waals surface area contributed by atoms with Crippen LogP contribution in [0.25, 0.3) is 0 Å². The Morgan fingerprint density at radius 3 is 2.64 bits per heavy atom. The van der Waals surface area contributed by atoms with E-state index in [0.717, 1.165) is 0 Å². The third-order valence-electron chi connectivity index (χ3n) is 1.16. The van der Waals surface area contributed by atoms with E-state index in [1.54, 1.807) is 6.07 Å². The molecule has 1 atom stereocenters. The number of hydrogen-bond donors (Lipinski definition) is 2. The van der Waals surface area contributed by atoms with Crippen molar-refractivity contribution in [3.8, 4) is 0 Å². The lowest BCUT2D eigenvalue weighted by Crippen LogP contribution is -1.95. The lowest BCUT2D eigenvalue weighted by molar-refractivity contribution is 0.565. The Bertz CT molecular complexity index is 303. The standard InChI is InChI=1S/C6H6ClNO2S/c7-4-1-2-5(8)6(3-4)11(9)10/h1-3H,8H2,(H,9,10). The molecule has 0 fully saturated rings. The molecule has 0 radical (unpaired) electrons. The van der Waals surface area contributed by atoms with Gasteiger partial charge in [0.05, 0.1) is 10.6 Å². The van der Waals surface area contributed by atoms with Gasteiger partial charge in [0.2, 0.25) is 0 Å². The fourth-order valence-corrected chi connectivity index (χ4v) is 1.39. The van der Waals surface area contributed by atoms with E-state index < -0.39 is 11.1 Å². The van der Waals surface area contributed by atoms with Gasteiger partial charge in [0.15, 0.2) is 11.1 Å². The zero-order chi connectivity index (χ0) is 8.43. The minimum Gasteiger partial charge on any atom is -0.398 e. The van der Waals surface area contributed by atoms with Crippen molar-refractivity contribution in [3.63, 3.8) is 0 Å². The number of rotatable bonds is 1. The largest absolute Gasteiger partial charge is 0.398 e. The average Bonchev–Trinajstić information content (AvgIpc) is 1.94. The monoisotopic (exact) mass is 191 g/mol. The van der Waals surface area contributed by atoms with Crippen LogP contribution in [0.15, 0.2) is 23.1 Å². The SMILES string of the molecule is Nc1ccc(Cl)cc1S(=O)O. The molecule has 1 aromatic rings. The third-order valence-corrected chi connectivity index (χ3v) is 2.13. The minimum absolute atomic E-state index is 0.150. The molecule has 0 saturated heterocycles. The second-order valence-corrected chi connectivity index (χ2v) is 3.31. The molecule has 0 aliphatic heterocycles. The Labute approximate surface area is 71.5 Å². The Balaban J connectivity index is 3.23. The molecule has 0 saturated carbocycles. The smallest absolute Gasteiger partial charge is 0.188 e. The van der Waals surface area contributed by atoms with Gasteiger partial charge >= 0.3 is 0 Å². The molecule has 0 aliphatic rings. The summed E-state index contributed by atoms with van der Waals surface area (Å²) < 4.78 is 19.2. The van der Waals surface area contributed by atoms with E-state index in [0.29, 0.717) is 5.02 Å². The Morgan fingerprint density at radius 2 is 2.18 bits per heavy atom. The van der Waals surface area contributed by atoms with E-state index in [4.69, 9.17) is 21.9 Å². The van der Waals surface area contributed by atoms with Gasteiger partial charge in [-0.1, -0.05) is 11.6 Å². The van der Waals surface area contributed by atoms with E-state index in [2.05, 4.69) is 0 Å². The first kappa shape index (κ1) is 8.52. The highest BCUT2D eigenvalue weighted by Crippen LogP contribution is 2.19. The molecule has 5 heteroatoms. The number of anilines is 1. The fraction of sp³-hybridized carbons (Fsp3) is 0. The third kappa shape index (κ3) is 1.92. The van der Waals surface area contributed by atoms with Gasteiger partial charge < -0.3 is 10.3 Å². The molecular weight excluding hydrogens is 186 g/mol.